The summed E-state index contributed by atoms with van der Waals surface area (Å²) in [6.45, 7) is 14.2. The Morgan fingerprint density at radius 1 is 1.38 bits per heavy atom. The number of hydrogen-bond donors (Lipinski definition) is 0. The van der Waals surface area contributed by atoms with Crippen LogP contribution in [0.1, 0.15) is 46.1 Å². The van der Waals surface area contributed by atoms with Crippen molar-refractivity contribution >= 4 is 16.5 Å². The van der Waals surface area contributed by atoms with Crippen LogP contribution in [0.25, 0.3) is 4.85 Å². The number of nitro benzene ring substituents is 1. The van der Waals surface area contributed by atoms with E-state index in [1.54, 1.807) is 0 Å². The van der Waals surface area contributed by atoms with Crippen LogP contribution in [0, 0.1) is 22.5 Å². The van der Waals surface area contributed by atoms with Crippen molar-refractivity contribution in [2.75, 3.05) is 19.1 Å². The third-order valence-corrected chi connectivity index (χ3v) is 6.56. The number of ether oxygens (including phenoxy) is 1. The Balaban J connectivity index is 3.38. The number of halogens is 1. The maximum Gasteiger partial charge on any atom is 0.318 e. The molecule has 1 aromatic carbocycles. The molecule has 0 aromatic heterocycles. The minimum atomic E-state index is -1.29. The number of rotatable bonds is 9. The van der Waals surface area contributed by atoms with Gasteiger partial charge in [0.15, 0.2) is 0 Å². The quantitative estimate of drug-likeness (QED) is 0.277. The summed E-state index contributed by atoms with van der Waals surface area (Å²) in [5.74, 6) is -0.402. The van der Waals surface area contributed by atoms with Crippen LogP contribution in [-0.4, -0.2) is 33.0 Å². The third-order valence-electron chi connectivity index (χ3n) is 4.38. The van der Waals surface area contributed by atoms with Gasteiger partial charge in [-0.05, 0) is 39.7 Å². The molecular weight excluding hydrogens is 359 g/mol. The molecule has 0 saturated heterocycles. The number of non-ortho nitro benzene ring substituents is 1. The second-order valence-corrected chi connectivity index (χ2v) is 9.31. The first-order valence-corrected chi connectivity index (χ1v) is 9.63. The van der Waals surface area contributed by atoms with Gasteiger partial charge in [0, 0.05) is 44.4 Å². The van der Waals surface area contributed by atoms with Crippen LogP contribution >= 0.6 is 0 Å². The molecule has 1 rings (SSSR count). The maximum absolute atomic E-state index is 14.6. The van der Waals surface area contributed by atoms with Crippen LogP contribution in [-0.2, 0) is 21.0 Å². The molecule has 1 aromatic rings. The third kappa shape index (κ3) is 5.58. The zero-order chi connectivity index (χ0) is 20.0. The average molecular weight is 384 g/mol. The molecule has 0 unspecified atom stereocenters. The molecule has 0 fully saturated rings. The number of nitrogens with zero attached hydrogens (tertiary/aromatic N) is 2. The van der Waals surface area contributed by atoms with E-state index < -0.39 is 31.7 Å². The van der Waals surface area contributed by atoms with Crippen LogP contribution in [0.3, 0.4) is 0 Å². The molecule has 6 nitrogen and oxygen atoms in total. The fourth-order valence-electron chi connectivity index (χ4n) is 2.63. The van der Waals surface area contributed by atoms with E-state index in [1.165, 1.54) is 6.07 Å². The second-order valence-electron chi connectivity index (χ2n) is 7.10. The molecule has 0 aliphatic heterocycles. The molecule has 0 spiro atoms. The molecule has 144 valence electrons. The molecule has 0 radical (unpaired) electrons. The Morgan fingerprint density at radius 3 is 2.54 bits per heavy atom. The van der Waals surface area contributed by atoms with Crippen molar-refractivity contribution < 1.29 is 18.3 Å². The average Bonchev–Trinajstić information content (AvgIpc) is 2.57. The number of nitro groups is 1. The lowest BCUT2D eigenvalue weighted by molar-refractivity contribution is -0.385. The molecule has 2 atom stereocenters. The van der Waals surface area contributed by atoms with Crippen LogP contribution < -0.4 is 0 Å². The molecule has 26 heavy (non-hydrogen) atoms. The number of benzene rings is 1. The SMILES string of the molecule is [C-]#[N+]COCC[C@](CC)(C[S@@](=O)C(C)(C)C)c1cc([N+](=O)[O-])ccc1F. The highest BCUT2D eigenvalue weighted by Crippen LogP contribution is 2.38. The fourth-order valence-corrected chi connectivity index (χ4v) is 4.07. The smallest absolute Gasteiger partial charge is 0.313 e. The summed E-state index contributed by atoms with van der Waals surface area (Å²) >= 11 is 0. The van der Waals surface area contributed by atoms with Crippen LogP contribution in [0.15, 0.2) is 18.2 Å². The standard InChI is InChI=1S/C18H25FN2O4S/c1-6-18(9-10-25-13-20-5,12-26(24)17(2,3)4)15-11-14(21(22)23)7-8-16(15)19/h7-8,11H,6,9-10,12-13H2,1-4H3/t18-,26-/m1/s1. The summed E-state index contributed by atoms with van der Waals surface area (Å²) in [6.07, 6.45) is 0.757. The zero-order valence-electron chi connectivity index (χ0n) is 15.6. The van der Waals surface area contributed by atoms with Crippen molar-refractivity contribution in [3.8, 4) is 0 Å². The molecular formula is C18H25FN2O4S. The highest BCUT2D eigenvalue weighted by molar-refractivity contribution is 7.86. The van der Waals surface area contributed by atoms with Crippen LogP contribution in [0.4, 0.5) is 10.1 Å². The number of hydrogen-bond acceptors (Lipinski definition) is 4. The van der Waals surface area contributed by atoms with E-state index in [0.717, 1.165) is 12.1 Å². The highest BCUT2D eigenvalue weighted by Gasteiger charge is 2.38. The predicted molar refractivity (Wildman–Crippen MR) is 99.8 cm³/mol. The largest absolute Gasteiger partial charge is 0.318 e. The lowest BCUT2D eigenvalue weighted by Crippen LogP contribution is -2.39. The van der Waals surface area contributed by atoms with E-state index >= 15 is 0 Å². The van der Waals surface area contributed by atoms with E-state index in [4.69, 9.17) is 11.3 Å². The van der Waals surface area contributed by atoms with Gasteiger partial charge in [-0.2, -0.15) is 0 Å². The van der Waals surface area contributed by atoms with Crippen LogP contribution in [0.5, 0.6) is 0 Å². The molecule has 0 N–H and O–H groups in total. The normalized spacial score (nSPS) is 15.1. The minimum Gasteiger partial charge on any atom is -0.313 e. The second kappa shape index (κ2) is 9.19. The highest BCUT2D eigenvalue weighted by atomic mass is 32.2. The summed E-state index contributed by atoms with van der Waals surface area (Å²) in [5, 5.41) is 11.1. The first-order valence-electron chi connectivity index (χ1n) is 8.31. The van der Waals surface area contributed by atoms with Crippen molar-refractivity contribution in [2.24, 2.45) is 0 Å². The van der Waals surface area contributed by atoms with Gasteiger partial charge < -0.3 is 4.74 Å². The monoisotopic (exact) mass is 384 g/mol. The van der Waals surface area contributed by atoms with Crippen molar-refractivity contribution in [2.45, 2.75) is 50.7 Å². The maximum atomic E-state index is 14.6. The Morgan fingerprint density at radius 2 is 2.04 bits per heavy atom. The van der Waals surface area contributed by atoms with Gasteiger partial charge in [0.25, 0.3) is 5.69 Å². The molecule has 0 bridgehead atoms. The van der Waals surface area contributed by atoms with Gasteiger partial charge in [0.2, 0.25) is 0 Å². The fraction of sp³-hybridized carbons (Fsp3) is 0.611. The van der Waals surface area contributed by atoms with Crippen molar-refractivity contribution in [1.82, 2.24) is 0 Å². The first-order chi connectivity index (χ1) is 12.1. The van der Waals surface area contributed by atoms with Crippen molar-refractivity contribution in [3.05, 3.63) is 51.1 Å². The Kier molecular flexibility index (Phi) is 7.85. The summed E-state index contributed by atoms with van der Waals surface area (Å²) in [6, 6.07) is 3.43. The Bertz CT molecular complexity index is 712. The van der Waals surface area contributed by atoms with Crippen molar-refractivity contribution in [1.29, 1.82) is 0 Å². The van der Waals surface area contributed by atoms with Gasteiger partial charge in [-0.3, -0.25) is 19.2 Å². The van der Waals surface area contributed by atoms with Gasteiger partial charge in [0.05, 0.1) is 11.5 Å². The molecule has 8 heteroatoms. The van der Waals surface area contributed by atoms with E-state index in [-0.39, 0.29) is 30.3 Å². The van der Waals surface area contributed by atoms with E-state index in [2.05, 4.69) is 4.85 Å². The molecule has 0 amide bonds. The molecule has 0 saturated carbocycles. The molecule has 0 heterocycles. The zero-order valence-corrected chi connectivity index (χ0v) is 16.4. The lowest BCUT2D eigenvalue weighted by Gasteiger charge is -2.35. The van der Waals surface area contributed by atoms with Gasteiger partial charge in [0.1, 0.15) is 5.82 Å². The lowest BCUT2D eigenvalue weighted by atomic mass is 9.76. The van der Waals surface area contributed by atoms with Gasteiger partial charge in [-0.15, -0.1) is 0 Å². The first kappa shape index (κ1) is 22.2. The summed E-state index contributed by atoms with van der Waals surface area (Å²) in [4.78, 5) is 13.7. The van der Waals surface area contributed by atoms with E-state index in [9.17, 15) is 18.7 Å². The predicted octanol–water partition coefficient (Wildman–Crippen LogP) is 4.21. The molecule has 0 aliphatic carbocycles. The topological polar surface area (TPSA) is 73.8 Å². The van der Waals surface area contributed by atoms with Gasteiger partial charge >= 0.3 is 6.73 Å². The van der Waals surface area contributed by atoms with E-state index in [1.807, 2.05) is 27.7 Å². The summed E-state index contributed by atoms with van der Waals surface area (Å²) in [7, 11) is -1.29. The molecule has 0 aliphatic rings. The Hall–Kier alpha value is -1.85. The summed E-state index contributed by atoms with van der Waals surface area (Å²) in [5.41, 5.74) is -0.905. The van der Waals surface area contributed by atoms with Crippen LogP contribution in [0.2, 0.25) is 0 Å². The van der Waals surface area contributed by atoms with E-state index in [0.29, 0.717) is 12.8 Å². The van der Waals surface area contributed by atoms with Gasteiger partial charge in [-0.25, -0.2) is 11.0 Å². The van der Waals surface area contributed by atoms with Gasteiger partial charge in [-0.1, -0.05) is 6.92 Å². The Labute approximate surface area is 156 Å². The minimum absolute atomic E-state index is 0.112. The summed E-state index contributed by atoms with van der Waals surface area (Å²) < 4.78 is 32.2. The van der Waals surface area contributed by atoms with Crippen molar-refractivity contribution in [3.63, 3.8) is 0 Å².